The predicted octanol–water partition coefficient (Wildman–Crippen LogP) is 1.70. The van der Waals surface area contributed by atoms with E-state index in [0.29, 0.717) is 24.9 Å². The Kier molecular flexibility index (Phi) is 5.19. The van der Waals surface area contributed by atoms with Crippen molar-refractivity contribution in [3.63, 3.8) is 0 Å². The normalized spacial score (nSPS) is 18.8. The molecule has 0 aliphatic carbocycles. The second-order valence-corrected chi connectivity index (χ2v) is 7.29. The summed E-state index contributed by atoms with van der Waals surface area (Å²) in [5, 5.41) is 0. The molecule has 0 amide bonds. The number of piperidine rings is 1. The van der Waals surface area contributed by atoms with Crippen molar-refractivity contribution < 1.29 is 14.0 Å². The van der Waals surface area contributed by atoms with Gasteiger partial charge in [0.2, 0.25) is 5.96 Å². The fourth-order valence-corrected chi connectivity index (χ4v) is 3.40. The number of guanidine groups is 1. The third-order valence-electron chi connectivity index (χ3n) is 5.12. The van der Waals surface area contributed by atoms with Gasteiger partial charge in [-0.25, -0.2) is 20.3 Å². The van der Waals surface area contributed by atoms with Gasteiger partial charge in [0.25, 0.3) is 0 Å². The zero-order valence-corrected chi connectivity index (χ0v) is 16.5. The van der Waals surface area contributed by atoms with Gasteiger partial charge in [0.05, 0.1) is 37.8 Å². The molecule has 4 rings (SSSR count). The van der Waals surface area contributed by atoms with Crippen LogP contribution in [0.15, 0.2) is 34.0 Å². The third kappa shape index (κ3) is 4.10. The highest BCUT2D eigenvalue weighted by Crippen LogP contribution is 2.30. The van der Waals surface area contributed by atoms with E-state index in [4.69, 9.17) is 19.0 Å². The third-order valence-corrected chi connectivity index (χ3v) is 5.12. The summed E-state index contributed by atoms with van der Waals surface area (Å²) in [4.78, 5) is 24.1. The summed E-state index contributed by atoms with van der Waals surface area (Å²) >= 11 is 0. The number of likely N-dealkylation sites (tertiary alicyclic amines) is 1. The second-order valence-electron chi connectivity index (χ2n) is 7.29. The second kappa shape index (κ2) is 7.76. The molecule has 28 heavy (non-hydrogen) atoms. The first-order chi connectivity index (χ1) is 13.5. The predicted molar refractivity (Wildman–Crippen MR) is 102 cm³/mol. The van der Waals surface area contributed by atoms with Crippen LogP contribution in [0.5, 0.6) is 5.75 Å². The van der Waals surface area contributed by atoms with Crippen LogP contribution in [0.3, 0.4) is 0 Å². The molecule has 2 aromatic rings. The Morgan fingerprint density at radius 2 is 2.04 bits per heavy atom. The molecule has 0 aromatic carbocycles. The summed E-state index contributed by atoms with van der Waals surface area (Å²) in [7, 11) is 3.75. The van der Waals surface area contributed by atoms with Crippen LogP contribution in [0.25, 0.3) is 0 Å². The molecule has 9 heteroatoms. The van der Waals surface area contributed by atoms with Crippen LogP contribution in [0, 0.1) is 6.92 Å². The first-order valence-electron chi connectivity index (χ1n) is 9.42. The highest BCUT2D eigenvalue weighted by atomic mass is 16.7. The molecule has 2 aliphatic heterocycles. The van der Waals surface area contributed by atoms with Crippen LogP contribution < -0.4 is 10.2 Å². The Morgan fingerprint density at radius 3 is 2.68 bits per heavy atom. The van der Waals surface area contributed by atoms with Crippen molar-refractivity contribution in [3.05, 3.63) is 41.9 Å². The Morgan fingerprint density at radius 1 is 1.25 bits per heavy atom. The van der Waals surface area contributed by atoms with E-state index in [9.17, 15) is 0 Å². The lowest BCUT2D eigenvalue weighted by Gasteiger charge is -2.33. The summed E-state index contributed by atoms with van der Waals surface area (Å²) in [5.41, 5.74) is 4.29. The average Bonchev–Trinajstić information content (AvgIpc) is 3.31. The maximum absolute atomic E-state index is 5.93. The maximum Gasteiger partial charge on any atom is 0.222 e. The number of hydroxylamine groups is 1. The fourth-order valence-electron chi connectivity index (χ4n) is 3.40. The van der Waals surface area contributed by atoms with Crippen LogP contribution in [-0.4, -0.2) is 58.7 Å². The number of pyridine rings is 1. The van der Waals surface area contributed by atoms with Gasteiger partial charge in [0.1, 0.15) is 12.0 Å². The number of oxazole rings is 1. The van der Waals surface area contributed by atoms with Gasteiger partial charge >= 0.3 is 0 Å². The number of aliphatic imine (C=N–C) groups is 1. The van der Waals surface area contributed by atoms with Crippen molar-refractivity contribution in [2.75, 3.05) is 27.2 Å². The van der Waals surface area contributed by atoms with Crippen molar-refractivity contribution in [3.8, 4) is 5.75 Å². The van der Waals surface area contributed by atoms with Gasteiger partial charge in [-0.1, -0.05) is 0 Å². The first-order valence-corrected chi connectivity index (χ1v) is 9.42. The zero-order chi connectivity index (χ0) is 19.6. The largest absolute Gasteiger partial charge is 0.495 e. The Hall–Kier alpha value is -2.65. The van der Waals surface area contributed by atoms with E-state index in [0.717, 1.165) is 43.1 Å². The van der Waals surface area contributed by atoms with E-state index in [-0.39, 0.29) is 0 Å². The average molecular weight is 386 g/mol. The minimum Gasteiger partial charge on any atom is -0.495 e. The smallest absolute Gasteiger partial charge is 0.222 e. The highest BCUT2D eigenvalue weighted by molar-refractivity contribution is 5.80. The van der Waals surface area contributed by atoms with Gasteiger partial charge in [0, 0.05) is 32.9 Å². The SMILES string of the molecule is COc1ccc(CN(Cc2coc(C)n2)C2=NC3(CCN(C)CC3)ON2)nc1. The quantitative estimate of drug-likeness (QED) is 0.831. The van der Waals surface area contributed by atoms with Crippen molar-refractivity contribution >= 4 is 5.96 Å². The van der Waals surface area contributed by atoms with Gasteiger partial charge in [-0.3, -0.25) is 4.98 Å². The lowest BCUT2D eigenvalue weighted by atomic mass is 10.0. The van der Waals surface area contributed by atoms with E-state index in [1.54, 1.807) is 19.6 Å². The first kappa shape index (κ1) is 18.7. The zero-order valence-electron chi connectivity index (χ0n) is 16.5. The van der Waals surface area contributed by atoms with Gasteiger partial charge < -0.3 is 19.0 Å². The van der Waals surface area contributed by atoms with Crippen LogP contribution in [-0.2, 0) is 17.9 Å². The minimum atomic E-state index is -0.493. The van der Waals surface area contributed by atoms with E-state index in [1.165, 1.54) is 0 Å². The Bertz CT molecular complexity index is 826. The molecular formula is C19H26N6O3. The van der Waals surface area contributed by atoms with Crippen LogP contribution in [0.1, 0.15) is 30.1 Å². The molecule has 1 N–H and O–H groups in total. The number of ether oxygens (including phenoxy) is 1. The summed E-state index contributed by atoms with van der Waals surface area (Å²) in [6, 6.07) is 3.85. The molecule has 150 valence electrons. The number of methoxy groups -OCH3 is 1. The molecule has 0 atom stereocenters. The monoisotopic (exact) mass is 386 g/mol. The minimum absolute atomic E-state index is 0.493. The molecule has 1 saturated heterocycles. The molecule has 2 aliphatic rings. The van der Waals surface area contributed by atoms with E-state index in [2.05, 4.69) is 32.3 Å². The molecule has 0 bridgehead atoms. The number of aromatic nitrogens is 2. The number of rotatable bonds is 5. The van der Waals surface area contributed by atoms with Crippen LogP contribution >= 0.6 is 0 Å². The van der Waals surface area contributed by atoms with Gasteiger partial charge in [-0.15, -0.1) is 0 Å². The number of hydrogen-bond acceptors (Lipinski definition) is 9. The number of hydrogen-bond donors (Lipinski definition) is 1. The molecule has 1 fully saturated rings. The van der Waals surface area contributed by atoms with E-state index in [1.807, 2.05) is 19.1 Å². The van der Waals surface area contributed by atoms with Crippen LogP contribution in [0.4, 0.5) is 0 Å². The highest BCUT2D eigenvalue weighted by Gasteiger charge is 2.40. The molecule has 9 nitrogen and oxygen atoms in total. The molecule has 1 spiro atoms. The summed E-state index contributed by atoms with van der Waals surface area (Å²) < 4.78 is 10.6. The van der Waals surface area contributed by atoms with Crippen molar-refractivity contribution in [2.45, 2.75) is 38.6 Å². The molecular weight excluding hydrogens is 360 g/mol. The Balaban J connectivity index is 1.55. The summed E-state index contributed by atoms with van der Waals surface area (Å²) in [6.07, 6.45) is 5.10. The van der Waals surface area contributed by atoms with E-state index < -0.39 is 5.72 Å². The topological polar surface area (TPSA) is 88.2 Å². The number of aryl methyl sites for hydroxylation is 1. The van der Waals surface area contributed by atoms with E-state index >= 15 is 0 Å². The molecule has 4 heterocycles. The Labute approximate surface area is 164 Å². The summed E-state index contributed by atoms with van der Waals surface area (Å²) in [6.45, 7) is 4.85. The summed E-state index contributed by atoms with van der Waals surface area (Å²) in [5.74, 6) is 2.07. The maximum atomic E-state index is 5.93. The number of nitrogens with one attached hydrogen (secondary N) is 1. The van der Waals surface area contributed by atoms with Crippen LogP contribution in [0.2, 0.25) is 0 Å². The van der Waals surface area contributed by atoms with Crippen molar-refractivity contribution in [1.82, 2.24) is 25.2 Å². The van der Waals surface area contributed by atoms with Gasteiger partial charge in [0.15, 0.2) is 11.6 Å². The van der Waals surface area contributed by atoms with Crippen molar-refractivity contribution in [2.24, 2.45) is 4.99 Å². The lowest BCUT2D eigenvalue weighted by Crippen LogP contribution is -2.43. The fraction of sp³-hybridized carbons (Fsp3) is 0.526. The molecule has 0 unspecified atom stereocenters. The molecule has 0 radical (unpaired) electrons. The molecule has 0 saturated carbocycles. The lowest BCUT2D eigenvalue weighted by molar-refractivity contribution is -0.0875. The van der Waals surface area contributed by atoms with Gasteiger partial charge in [-0.05, 0) is 19.2 Å². The van der Waals surface area contributed by atoms with Gasteiger partial charge in [-0.2, -0.15) is 0 Å². The van der Waals surface area contributed by atoms with Crippen molar-refractivity contribution in [1.29, 1.82) is 0 Å². The number of nitrogens with zero attached hydrogens (tertiary/aromatic N) is 5. The molecule has 2 aromatic heterocycles. The standard InChI is InChI=1S/C19H26N6O3/c1-14-21-16(13-27-14)12-25(11-15-4-5-17(26-3)10-20-15)18-22-19(28-23-18)6-8-24(2)9-7-19/h4-5,10,13H,6-9,11-12H2,1-3H3,(H,22,23).